The number of carbonyl (C=O) groups excluding carboxylic acids is 3. The maximum Gasteiger partial charge on any atom is 0.334 e. The molecule has 2 saturated heterocycles. The highest BCUT2D eigenvalue weighted by atomic mass is 16.6. The van der Waals surface area contributed by atoms with Gasteiger partial charge in [-0.25, -0.2) is 9.59 Å². The Balaban J connectivity index is 2.06. The molecule has 146 valence electrons. The van der Waals surface area contributed by atoms with E-state index in [2.05, 4.69) is 6.58 Å². The highest BCUT2D eigenvalue weighted by Gasteiger charge is 2.58. The van der Waals surface area contributed by atoms with E-state index in [4.69, 9.17) is 14.2 Å². The molecule has 0 aliphatic carbocycles. The fourth-order valence-corrected chi connectivity index (χ4v) is 3.86. The minimum Gasteiger partial charge on any atom is -0.458 e. The molecule has 0 aromatic carbocycles. The number of allylic oxidation sites excluding steroid dienone is 1. The number of esters is 2. The van der Waals surface area contributed by atoms with E-state index in [1.807, 2.05) is 0 Å². The summed E-state index contributed by atoms with van der Waals surface area (Å²) in [6.45, 7) is 8.50. The molecule has 2 fully saturated rings. The first kappa shape index (κ1) is 19.5. The summed E-state index contributed by atoms with van der Waals surface area (Å²) in [7, 11) is 0. The first-order valence-corrected chi connectivity index (χ1v) is 8.97. The number of ketones is 1. The molecule has 0 amide bonds. The molecular formula is C20H24O7. The second-order valence-electron chi connectivity index (χ2n) is 7.42. The van der Waals surface area contributed by atoms with Crippen LogP contribution in [0.2, 0.25) is 0 Å². The normalized spacial score (nSPS) is 38.7. The van der Waals surface area contributed by atoms with Gasteiger partial charge in [-0.3, -0.25) is 4.79 Å². The zero-order valence-electron chi connectivity index (χ0n) is 15.6. The summed E-state index contributed by atoms with van der Waals surface area (Å²) in [4.78, 5) is 37.2. The molecule has 1 N–H and O–H groups in total. The molecule has 3 aliphatic rings. The van der Waals surface area contributed by atoms with Crippen LogP contribution >= 0.6 is 0 Å². The smallest absolute Gasteiger partial charge is 0.334 e. The summed E-state index contributed by atoms with van der Waals surface area (Å²) in [5.74, 6) is -2.59. The second-order valence-corrected chi connectivity index (χ2v) is 7.42. The lowest BCUT2D eigenvalue weighted by molar-refractivity contribution is -0.168. The van der Waals surface area contributed by atoms with Crippen LogP contribution in [-0.4, -0.2) is 53.3 Å². The first-order valence-electron chi connectivity index (χ1n) is 8.97. The minimum atomic E-state index is -1.27. The van der Waals surface area contributed by atoms with E-state index in [1.54, 1.807) is 32.9 Å². The number of rotatable bonds is 3. The van der Waals surface area contributed by atoms with Crippen LogP contribution in [-0.2, 0) is 28.6 Å². The quantitative estimate of drug-likeness (QED) is 0.585. The predicted molar refractivity (Wildman–Crippen MR) is 94.4 cm³/mol. The molecule has 3 aliphatic heterocycles. The highest BCUT2D eigenvalue weighted by molar-refractivity contribution is 5.97. The van der Waals surface area contributed by atoms with Crippen LogP contribution in [0.3, 0.4) is 0 Å². The van der Waals surface area contributed by atoms with Crippen molar-refractivity contribution in [1.29, 1.82) is 0 Å². The number of ether oxygens (including phenoxy) is 3. The number of hydrogen-bond acceptors (Lipinski definition) is 7. The van der Waals surface area contributed by atoms with Crippen LogP contribution in [0, 0.1) is 11.8 Å². The second kappa shape index (κ2) is 7.05. The molecule has 6 atom stereocenters. The van der Waals surface area contributed by atoms with Crippen molar-refractivity contribution in [2.45, 2.75) is 51.1 Å². The van der Waals surface area contributed by atoms with E-state index >= 15 is 0 Å². The molecule has 0 saturated carbocycles. The molecule has 7 nitrogen and oxygen atoms in total. The fraction of sp³-hybridized carbons (Fsp3) is 0.550. The van der Waals surface area contributed by atoms with Gasteiger partial charge in [0.05, 0.1) is 12.5 Å². The summed E-state index contributed by atoms with van der Waals surface area (Å²) < 4.78 is 17.2. The number of hydrogen-bond donors (Lipinski definition) is 1. The largest absolute Gasteiger partial charge is 0.458 e. The summed E-state index contributed by atoms with van der Waals surface area (Å²) in [5, 5.41) is 9.76. The van der Waals surface area contributed by atoms with Gasteiger partial charge in [-0.05, 0) is 26.8 Å². The molecule has 27 heavy (non-hydrogen) atoms. The van der Waals surface area contributed by atoms with E-state index in [9.17, 15) is 19.5 Å². The van der Waals surface area contributed by atoms with Crippen LogP contribution < -0.4 is 0 Å². The van der Waals surface area contributed by atoms with Crippen LogP contribution in [0.15, 0.2) is 36.0 Å². The lowest BCUT2D eigenvalue weighted by Gasteiger charge is -2.32. The lowest BCUT2D eigenvalue weighted by Crippen LogP contribution is -2.44. The van der Waals surface area contributed by atoms with Crippen molar-refractivity contribution in [3.63, 3.8) is 0 Å². The molecule has 7 heteroatoms. The van der Waals surface area contributed by atoms with Gasteiger partial charge in [-0.2, -0.15) is 0 Å². The lowest BCUT2D eigenvalue weighted by atomic mass is 9.81. The topological polar surface area (TPSA) is 99.1 Å². The third-order valence-corrected chi connectivity index (χ3v) is 5.64. The molecular weight excluding hydrogens is 352 g/mol. The average molecular weight is 376 g/mol. The Labute approximate surface area is 157 Å². The zero-order valence-corrected chi connectivity index (χ0v) is 15.6. The number of aliphatic hydroxyl groups excluding tert-OH is 1. The van der Waals surface area contributed by atoms with Crippen molar-refractivity contribution >= 4 is 17.7 Å². The molecule has 0 aromatic heterocycles. The van der Waals surface area contributed by atoms with Gasteiger partial charge in [-0.15, -0.1) is 0 Å². The molecule has 0 radical (unpaired) electrons. The number of carbonyl (C=O) groups is 3. The maximum atomic E-state index is 12.7. The van der Waals surface area contributed by atoms with Gasteiger partial charge in [0.15, 0.2) is 5.78 Å². The van der Waals surface area contributed by atoms with Gasteiger partial charge < -0.3 is 19.3 Å². The van der Waals surface area contributed by atoms with Gasteiger partial charge in [0.2, 0.25) is 0 Å². The fourth-order valence-electron chi connectivity index (χ4n) is 3.86. The summed E-state index contributed by atoms with van der Waals surface area (Å²) in [6.07, 6.45) is 2.28. The van der Waals surface area contributed by atoms with Crippen LogP contribution in [0.1, 0.15) is 27.2 Å². The Morgan fingerprint density at radius 2 is 2.15 bits per heavy atom. The van der Waals surface area contributed by atoms with Crippen molar-refractivity contribution in [2.24, 2.45) is 11.8 Å². The van der Waals surface area contributed by atoms with Crippen molar-refractivity contribution in [2.75, 3.05) is 6.61 Å². The van der Waals surface area contributed by atoms with Crippen molar-refractivity contribution < 1.29 is 33.7 Å². The van der Waals surface area contributed by atoms with Gasteiger partial charge in [0.25, 0.3) is 0 Å². The van der Waals surface area contributed by atoms with Crippen LogP contribution in [0.5, 0.6) is 0 Å². The molecule has 0 aromatic rings. The third kappa shape index (κ3) is 3.26. The third-order valence-electron chi connectivity index (χ3n) is 5.64. The minimum absolute atomic E-state index is 0.0599. The maximum absolute atomic E-state index is 12.7. The number of aliphatic hydroxyl groups is 1. The molecule has 0 spiro atoms. The van der Waals surface area contributed by atoms with Crippen molar-refractivity contribution in [3.05, 3.63) is 36.0 Å². The highest BCUT2D eigenvalue weighted by Crippen LogP contribution is 2.45. The number of fused-ring (bicyclic) bond motifs is 4. The molecule has 3 rings (SSSR count). The van der Waals surface area contributed by atoms with Gasteiger partial charge in [0, 0.05) is 23.5 Å². The van der Waals surface area contributed by atoms with Crippen molar-refractivity contribution in [3.8, 4) is 0 Å². The Hall–Kier alpha value is -2.25. The molecule has 3 heterocycles. The first-order chi connectivity index (χ1) is 12.7. The van der Waals surface area contributed by atoms with E-state index in [1.165, 1.54) is 6.08 Å². The van der Waals surface area contributed by atoms with E-state index in [0.29, 0.717) is 5.57 Å². The molecule has 2 bridgehead atoms. The Morgan fingerprint density at radius 1 is 1.44 bits per heavy atom. The van der Waals surface area contributed by atoms with Gasteiger partial charge in [-0.1, -0.05) is 18.7 Å². The SMILES string of the molecule is C=C1C(=O)O[C@@H]2[C@@H]3O[C@@](C)(C[C@@H](OC(=O)/C(C)=C\C)[C@@H]12)C(=O)C=C[C@@H]3CO. The van der Waals surface area contributed by atoms with Crippen molar-refractivity contribution in [1.82, 2.24) is 0 Å². The Bertz CT molecular complexity index is 749. The predicted octanol–water partition coefficient (Wildman–Crippen LogP) is 1.26. The molecule has 0 unspecified atom stereocenters. The van der Waals surface area contributed by atoms with E-state index in [-0.39, 0.29) is 24.4 Å². The zero-order chi connectivity index (χ0) is 19.9. The summed E-state index contributed by atoms with van der Waals surface area (Å²) in [5.41, 5.74) is -0.670. The van der Waals surface area contributed by atoms with E-state index in [0.717, 1.165) is 0 Å². The Morgan fingerprint density at radius 3 is 2.78 bits per heavy atom. The van der Waals surface area contributed by atoms with Crippen LogP contribution in [0.4, 0.5) is 0 Å². The summed E-state index contributed by atoms with van der Waals surface area (Å²) in [6, 6.07) is 0. The van der Waals surface area contributed by atoms with Crippen LogP contribution in [0.25, 0.3) is 0 Å². The average Bonchev–Trinajstić information content (AvgIpc) is 2.78. The Kier molecular flexibility index (Phi) is 5.10. The monoisotopic (exact) mass is 376 g/mol. The van der Waals surface area contributed by atoms with Gasteiger partial charge >= 0.3 is 11.9 Å². The van der Waals surface area contributed by atoms with E-state index < -0.39 is 47.7 Å². The van der Waals surface area contributed by atoms with Gasteiger partial charge in [0.1, 0.15) is 23.9 Å². The standard InChI is InChI=1S/C20H24O7/c1-5-10(2)18(23)25-13-8-20(4)14(22)7-6-12(9-21)16(27-20)17-15(13)11(3)19(24)26-17/h5-7,12-13,15-17,21H,3,8-9H2,1-2,4H3/b10-5-/t12-,13-,15-,16-,17+,20+/m1/s1. The summed E-state index contributed by atoms with van der Waals surface area (Å²) >= 11 is 0.